The first kappa shape index (κ1) is 16.8. The Labute approximate surface area is 127 Å². The van der Waals surface area contributed by atoms with E-state index in [4.69, 9.17) is 14.6 Å². The van der Waals surface area contributed by atoms with Gasteiger partial charge in [-0.05, 0) is 54.1 Å². The van der Waals surface area contributed by atoms with Crippen molar-refractivity contribution < 1.29 is 19.4 Å². The first-order valence-electron chi connectivity index (χ1n) is 6.29. The molecular weight excluding hydrogens is 326 g/mol. The Bertz CT molecular complexity index is 463. The molecule has 6 heteroatoms. The van der Waals surface area contributed by atoms with E-state index in [1.807, 2.05) is 31.1 Å². The summed E-state index contributed by atoms with van der Waals surface area (Å²) in [7, 11) is 5.52. The number of ether oxygens (including phenoxy) is 2. The highest BCUT2D eigenvalue weighted by molar-refractivity contribution is 9.10. The maximum atomic E-state index is 10.6. The van der Waals surface area contributed by atoms with Crippen molar-refractivity contribution in [1.29, 1.82) is 0 Å². The van der Waals surface area contributed by atoms with E-state index >= 15 is 0 Å². The fourth-order valence-electron chi connectivity index (χ4n) is 1.64. The number of benzene rings is 1. The van der Waals surface area contributed by atoms with Gasteiger partial charge in [0.2, 0.25) is 0 Å². The molecule has 0 spiro atoms. The van der Waals surface area contributed by atoms with Gasteiger partial charge in [-0.3, -0.25) is 4.79 Å². The van der Waals surface area contributed by atoms with Crippen LogP contribution in [0.3, 0.4) is 0 Å². The summed E-state index contributed by atoms with van der Waals surface area (Å²) in [4.78, 5) is 12.6. The third kappa shape index (κ3) is 5.38. The van der Waals surface area contributed by atoms with Crippen molar-refractivity contribution in [1.82, 2.24) is 4.90 Å². The van der Waals surface area contributed by atoms with Gasteiger partial charge < -0.3 is 19.5 Å². The molecule has 0 saturated carbocycles. The molecule has 1 aromatic rings. The van der Waals surface area contributed by atoms with Crippen LogP contribution in [0.2, 0.25) is 0 Å². The van der Waals surface area contributed by atoms with Crippen LogP contribution >= 0.6 is 15.9 Å². The Morgan fingerprint density at radius 1 is 1.40 bits per heavy atom. The van der Waals surface area contributed by atoms with Gasteiger partial charge in [-0.2, -0.15) is 0 Å². The van der Waals surface area contributed by atoms with Gasteiger partial charge in [-0.15, -0.1) is 0 Å². The number of hydrogen-bond acceptors (Lipinski definition) is 4. The van der Waals surface area contributed by atoms with Gasteiger partial charge in [0.05, 0.1) is 11.6 Å². The Hall–Kier alpha value is -1.27. The normalized spacial score (nSPS) is 10.7. The molecule has 1 rings (SSSR count). The zero-order valence-corrected chi connectivity index (χ0v) is 13.6. The van der Waals surface area contributed by atoms with Crippen LogP contribution in [0.4, 0.5) is 0 Å². The molecule has 112 valence electrons. The zero-order valence-electron chi connectivity index (χ0n) is 12.0. The molecule has 0 aliphatic heterocycles. The summed E-state index contributed by atoms with van der Waals surface area (Å²) in [5, 5.41) is 8.72. The summed E-state index contributed by atoms with van der Waals surface area (Å²) in [6.45, 7) is 1.35. The molecule has 20 heavy (non-hydrogen) atoms. The third-order valence-corrected chi connectivity index (χ3v) is 3.29. The van der Waals surface area contributed by atoms with E-state index in [9.17, 15) is 4.79 Å². The van der Waals surface area contributed by atoms with Gasteiger partial charge in [0.25, 0.3) is 0 Å². The van der Waals surface area contributed by atoms with Gasteiger partial charge in [0.1, 0.15) is 6.61 Å². The summed E-state index contributed by atoms with van der Waals surface area (Å²) in [5.41, 5.74) is 0.899. The SMILES string of the molecule is COc1cc(CCC(=O)O)cc(Br)c1OCCN(C)C. The molecule has 0 heterocycles. The first-order chi connectivity index (χ1) is 9.43. The van der Waals surface area contributed by atoms with Crippen molar-refractivity contribution in [2.24, 2.45) is 0 Å². The lowest BCUT2D eigenvalue weighted by atomic mass is 10.1. The van der Waals surface area contributed by atoms with E-state index < -0.39 is 5.97 Å². The number of methoxy groups -OCH3 is 1. The highest BCUT2D eigenvalue weighted by Gasteiger charge is 2.12. The van der Waals surface area contributed by atoms with Gasteiger partial charge in [0.15, 0.2) is 11.5 Å². The number of rotatable bonds is 8. The minimum Gasteiger partial charge on any atom is -0.493 e. The van der Waals surface area contributed by atoms with Crippen molar-refractivity contribution in [2.45, 2.75) is 12.8 Å². The second kappa shape index (κ2) is 8.11. The molecule has 0 aromatic heterocycles. The Kier molecular flexibility index (Phi) is 6.81. The van der Waals surface area contributed by atoms with E-state index in [2.05, 4.69) is 15.9 Å². The predicted octanol–water partition coefficient (Wildman–Crippen LogP) is 2.42. The molecule has 0 aliphatic rings. The Morgan fingerprint density at radius 3 is 2.65 bits per heavy atom. The number of halogens is 1. The van der Waals surface area contributed by atoms with Crippen LogP contribution in [0, 0.1) is 0 Å². The summed E-state index contributed by atoms with van der Waals surface area (Å²) in [6.07, 6.45) is 0.554. The van der Waals surface area contributed by atoms with Gasteiger partial charge in [-0.1, -0.05) is 0 Å². The third-order valence-electron chi connectivity index (χ3n) is 2.70. The van der Waals surface area contributed by atoms with E-state index in [0.717, 1.165) is 16.6 Å². The number of aliphatic carboxylic acids is 1. The van der Waals surface area contributed by atoms with Gasteiger partial charge >= 0.3 is 5.97 Å². The van der Waals surface area contributed by atoms with Crippen LogP contribution in [0.5, 0.6) is 11.5 Å². The Morgan fingerprint density at radius 2 is 2.10 bits per heavy atom. The average Bonchev–Trinajstić information content (AvgIpc) is 2.37. The topological polar surface area (TPSA) is 59.0 Å². The molecule has 0 amide bonds. The maximum Gasteiger partial charge on any atom is 0.303 e. The van der Waals surface area contributed by atoms with E-state index in [-0.39, 0.29) is 6.42 Å². The number of likely N-dealkylation sites (N-methyl/N-ethyl adjacent to an activating group) is 1. The van der Waals surface area contributed by atoms with Crippen molar-refractivity contribution in [3.05, 3.63) is 22.2 Å². The van der Waals surface area contributed by atoms with Crippen LogP contribution in [0.15, 0.2) is 16.6 Å². The van der Waals surface area contributed by atoms with Crippen molar-refractivity contribution >= 4 is 21.9 Å². The highest BCUT2D eigenvalue weighted by atomic mass is 79.9. The van der Waals surface area contributed by atoms with Crippen LogP contribution < -0.4 is 9.47 Å². The number of hydrogen-bond donors (Lipinski definition) is 1. The summed E-state index contributed by atoms with van der Waals surface area (Å²) >= 11 is 3.45. The monoisotopic (exact) mass is 345 g/mol. The van der Waals surface area contributed by atoms with Crippen molar-refractivity contribution in [3.63, 3.8) is 0 Å². The average molecular weight is 346 g/mol. The van der Waals surface area contributed by atoms with Gasteiger partial charge in [0, 0.05) is 13.0 Å². The smallest absolute Gasteiger partial charge is 0.303 e. The fourth-order valence-corrected chi connectivity index (χ4v) is 2.24. The highest BCUT2D eigenvalue weighted by Crippen LogP contribution is 2.36. The van der Waals surface area contributed by atoms with Crippen LogP contribution in [-0.4, -0.2) is 50.3 Å². The molecular formula is C14H20BrNO4. The molecule has 1 N–H and O–H groups in total. The lowest BCUT2D eigenvalue weighted by Gasteiger charge is -2.16. The second-order valence-electron chi connectivity index (χ2n) is 4.65. The zero-order chi connectivity index (χ0) is 15.1. The predicted molar refractivity (Wildman–Crippen MR) is 80.7 cm³/mol. The number of nitrogens with zero attached hydrogens (tertiary/aromatic N) is 1. The van der Waals surface area contributed by atoms with Crippen LogP contribution in [0.25, 0.3) is 0 Å². The van der Waals surface area contributed by atoms with Crippen molar-refractivity contribution in [2.75, 3.05) is 34.4 Å². The minimum absolute atomic E-state index is 0.0937. The molecule has 0 radical (unpaired) electrons. The van der Waals surface area contributed by atoms with E-state index in [0.29, 0.717) is 24.5 Å². The standard InChI is InChI=1S/C14H20BrNO4/c1-16(2)6-7-20-14-11(15)8-10(4-5-13(17)18)9-12(14)19-3/h8-9H,4-7H2,1-3H3,(H,17,18). The molecule has 5 nitrogen and oxygen atoms in total. The number of carboxylic acid groups (broad SMARTS) is 1. The lowest BCUT2D eigenvalue weighted by molar-refractivity contribution is -0.136. The summed E-state index contributed by atoms with van der Waals surface area (Å²) in [5.74, 6) is 0.443. The summed E-state index contributed by atoms with van der Waals surface area (Å²) in [6, 6.07) is 3.69. The second-order valence-corrected chi connectivity index (χ2v) is 5.51. The quantitative estimate of drug-likeness (QED) is 0.783. The molecule has 0 saturated heterocycles. The molecule has 0 unspecified atom stereocenters. The number of carbonyl (C=O) groups is 1. The maximum absolute atomic E-state index is 10.6. The first-order valence-corrected chi connectivity index (χ1v) is 7.09. The molecule has 0 atom stereocenters. The lowest BCUT2D eigenvalue weighted by Crippen LogP contribution is -2.19. The molecule has 0 bridgehead atoms. The summed E-state index contributed by atoms with van der Waals surface area (Å²) < 4.78 is 11.8. The largest absolute Gasteiger partial charge is 0.493 e. The molecule has 0 fully saturated rings. The number of carboxylic acids is 1. The van der Waals surface area contributed by atoms with E-state index in [1.54, 1.807) is 7.11 Å². The van der Waals surface area contributed by atoms with Crippen LogP contribution in [-0.2, 0) is 11.2 Å². The molecule has 1 aromatic carbocycles. The van der Waals surface area contributed by atoms with Crippen LogP contribution in [0.1, 0.15) is 12.0 Å². The fraction of sp³-hybridized carbons (Fsp3) is 0.500. The number of aryl methyl sites for hydroxylation is 1. The van der Waals surface area contributed by atoms with E-state index in [1.165, 1.54) is 0 Å². The van der Waals surface area contributed by atoms with Gasteiger partial charge in [-0.25, -0.2) is 0 Å². The van der Waals surface area contributed by atoms with Crippen molar-refractivity contribution in [3.8, 4) is 11.5 Å². The molecule has 0 aliphatic carbocycles. The minimum atomic E-state index is -0.814. The Balaban J connectivity index is 2.81.